The van der Waals surface area contributed by atoms with Crippen LogP contribution >= 0.6 is 0 Å². The third kappa shape index (κ3) is 3.22. The van der Waals surface area contributed by atoms with Crippen LogP contribution in [0.4, 0.5) is 0 Å². The second-order valence-corrected chi connectivity index (χ2v) is 7.50. The maximum Gasteiger partial charge on any atom is 0.254 e. The molecule has 3 aromatic rings. The van der Waals surface area contributed by atoms with Crippen molar-refractivity contribution in [1.29, 1.82) is 0 Å². The van der Waals surface area contributed by atoms with Gasteiger partial charge >= 0.3 is 0 Å². The van der Waals surface area contributed by atoms with E-state index >= 15 is 0 Å². The average Bonchev–Trinajstić information content (AvgIpc) is 3.01. The lowest BCUT2D eigenvalue weighted by Crippen LogP contribution is -2.39. The molecule has 3 heterocycles. The minimum atomic E-state index is 0.105. The van der Waals surface area contributed by atoms with Crippen molar-refractivity contribution >= 4 is 16.9 Å². The summed E-state index contributed by atoms with van der Waals surface area (Å²) in [4.78, 5) is 20.3. The average molecular weight is 362 g/mol. The highest BCUT2D eigenvalue weighted by Crippen LogP contribution is 2.29. The smallest absolute Gasteiger partial charge is 0.254 e. The van der Waals surface area contributed by atoms with E-state index in [1.54, 1.807) is 4.68 Å². The van der Waals surface area contributed by atoms with E-state index in [9.17, 15) is 4.79 Å². The topological polar surface area (TPSA) is 51.0 Å². The first-order valence-electron chi connectivity index (χ1n) is 9.77. The molecule has 0 saturated carbocycles. The van der Waals surface area contributed by atoms with Gasteiger partial charge < -0.3 is 4.90 Å². The molecular weight excluding hydrogens is 336 g/mol. The van der Waals surface area contributed by atoms with Crippen molar-refractivity contribution in [3.8, 4) is 11.3 Å². The molecule has 2 aromatic heterocycles. The van der Waals surface area contributed by atoms with Crippen LogP contribution < -0.4 is 0 Å². The lowest BCUT2D eigenvalue weighted by Gasteiger charge is -2.32. The molecule has 0 aliphatic carbocycles. The second-order valence-electron chi connectivity index (χ2n) is 7.50. The molecule has 4 rings (SSSR count). The van der Waals surface area contributed by atoms with Gasteiger partial charge in [-0.25, -0.2) is 4.98 Å². The molecule has 140 valence electrons. The molecule has 5 heteroatoms. The molecule has 1 fully saturated rings. The number of aryl methyl sites for hydroxylation is 2. The Balaban J connectivity index is 1.84. The lowest BCUT2D eigenvalue weighted by atomic mass is 9.94. The van der Waals surface area contributed by atoms with E-state index < -0.39 is 0 Å². The number of amides is 1. The van der Waals surface area contributed by atoms with Gasteiger partial charge in [-0.05, 0) is 31.7 Å². The zero-order chi connectivity index (χ0) is 19.0. The Hall–Kier alpha value is -2.69. The fourth-order valence-corrected chi connectivity index (χ4v) is 4.12. The Bertz CT molecular complexity index is 977. The van der Waals surface area contributed by atoms with Crippen molar-refractivity contribution < 1.29 is 4.79 Å². The van der Waals surface area contributed by atoms with Gasteiger partial charge in [0.25, 0.3) is 5.91 Å². The molecule has 0 spiro atoms. The summed E-state index contributed by atoms with van der Waals surface area (Å²) in [6.07, 6.45) is 3.42. The largest absolute Gasteiger partial charge is 0.338 e. The maximum absolute atomic E-state index is 13.5. The number of carbonyl (C=O) groups excluding carboxylic acids is 1. The Kier molecular flexibility index (Phi) is 4.68. The number of hydrogen-bond acceptors (Lipinski definition) is 3. The third-order valence-corrected chi connectivity index (χ3v) is 5.65. The molecule has 1 unspecified atom stereocenters. The van der Waals surface area contributed by atoms with Gasteiger partial charge in [-0.3, -0.25) is 9.48 Å². The molecule has 1 atom stereocenters. The van der Waals surface area contributed by atoms with Crippen LogP contribution in [-0.4, -0.2) is 38.7 Å². The van der Waals surface area contributed by atoms with Crippen LogP contribution in [-0.2, 0) is 7.05 Å². The quantitative estimate of drug-likeness (QED) is 0.701. The maximum atomic E-state index is 13.5. The van der Waals surface area contributed by atoms with E-state index in [1.807, 2.05) is 55.3 Å². The highest BCUT2D eigenvalue weighted by molar-refractivity contribution is 6.07. The van der Waals surface area contributed by atoms with Crippen molar-refractivity contribution in [2.75, 3.05) is 13.1 Å². The highest BCUT2D eigenvalue weighted by Gasteiger charge is 2.27. The molecule has 1 aliphatic rings. The summed E-state index contributed by atoms with van der Waals surface area (Å²) in [7, 11) is 1.89. The molecule has 0 N–H and O–H groups in total. The molecule has 1 aliphatic heterocycles. The van der Waals surface area contributed by atoms with E-state index in [1.165, 1.54) is 6.42 Å². The van der Waals surface area contributed by atoms with Crippen LogP contribution in [0, 0.1) is 12.8 Å². The summed E-state index contributed by atoms with van der Waals surface area (Å²) in [6, 6.07) is 12.0. The van der Waals surface area contributed by atoms with Crippen molar-refractivity contribution in [3.05, 3.63) is 47.7 Å². The number of piperidine rings is 1. The Labute approximate surface area is 160 Å². The van der Waals surface area contributed by atoms with Crippen LogP contribution in [0.2, 0.25) is 0 Å². The lowest BCUT2D eigenvalue weighted by molar-refractivity contribution is 0.0673. The van der Waals surface area contributed by atoms with E-state index in [-0.39, 0.29) is 5.91 Å². The number of likely N-dealkylation sites (tertiary alicyclic amines) is 1. The molecule has 1 aromatic carbocycles. The second kappa shape index (κ2) is 7.14. The minimum Gasteiger partial charge on any atom is -0.338 e. The summed E-state index contributed by atoms with van der Waals surface area (Å²) >= 11 is 0. The van der Waals surface area contributed by atoms with Gasteiger partial charge in [-0.1, -0.05) is 43.7 Å². The number of hydrogen-bond donors (Lipinski definition) is 0. The van der Waals surface area contributed by atoms with Gasteiger partial charge in [0.15, 0.2) is 5.65 Å². The van der Waals surface area contributed by atoms with E-state index in [4.69, 9.17) is 4.98 Å². The molecule has 1 amide bonds. The minimum absolute atomic E-state index is 0.105. The summed E-state index contributed by atoms with van der Waals surface area (Å²) in [5.41, 5.74) is 4.17. The third-order valence-electron chi connectivity index (χ3n) is 5.65. The molecule has 1 saturated heterocycles. The Morgan fingerprint density at radius 3 is 2.78 bits per heavy atom. The first-order chi connectivity index (χ1) is 13.1. The zero-order valence-corrected chi connectivity index (χ0v) is 16.3. The number of nitrogens with zero attached hydrogens (tertiary/aromatic N) is 4. The molecule has 0 radical (unpaired) electrons. The van der Waals surface area contributed by atoms with E-state index in [0.717, 1.165) is 59.5 Å². The zero-order valence-electron chi connectivity index (χ0n) is 16.3. The predicted octanol–water partition coefficient (Wildman–Crippen LogP) is 4.21. The number of benzene rings is 1. The summed E-state index contributed by atoms with van der Waals surface area (Å²) in [6.45, 7) is 5.84. The fourth-order valence-electron chi connectivity index (χ4n) is 4.12. The van der Waals surface area contributed by atoms with E-state index in [2.05, 4.69) is 12.0 Å². The monoisotopic (exact) mass is 362 g/mol. The summed E-state index contributed by atoms with van der Waals surface area (Å²) in [5.74, 6) is 0.706. The normalized spacial score (nSPS) is 17.4. The highest BCUT2D eigenvalue weighted by atomic mass is 16.2. The van der Waals surface area contributed by atoms with Crippen LogP contribution in [0.3, 0.4) is 0 Å². The van der Waals surface area contributed by atoms with Crippen LogP contribution in [0.5, 0.6) is 0 Å². The van der Waals surface area contributed by atoms with Crippen molar-refractivity contribution in [2.45, 2.75) is 33.1 Å². The van der Waals surface area contributed by atoms with Gasteiger partial charge in [0.1, 0.15) is 0 Å². The molecular formula is C22H26N4O. The number of rotatable bonds is 3. The SMILES string of the molecule is CCC1CCCN(C(=O)c2cc(-c3ccccc3)nc3c2c(C)nn3C)C1. The van der Waals surface area contributed by atoms with Crippen molar-refractivity contribution in [1.82, 2.24) is 19.7 Å². The van der Waals surface area contributed by atoms with Gasteiger partial charge in [0.2, 0.25) is 0 Å². The van der Waals surface area contributed by atoms with Gasteiger partial charge in [0.05, 0.1) is 22.3 Å². The first kappa shape index (κ1) is 17.7. The summed E-state index contributed by atoms with van der Waals surface area (Å²) < 4.78 is 1.78. The fraction of sp³-hybridized carbons (Fsp3) is 0.409. The van der Waals surface area contributed by atoms with Crippen LogP contribution in [0.15, 0.2) is 36.4 Å². The van der Waals surface area contributed by atoms with Gasteiger partial charge in [-0.15, -0.1) is 0 Å². The number of pyridine rings is 1. The first-order valence-corrected chi connectivity index (χ1v) is 9.77. The van der Waals surface area contributed by atoms with Crippen molar-refractivity contribution in [3.63, 3.8) is 0 Å². The molecule has 5 nitrogen and oxygen atoms in total. The van der Waals surface area contributed by atoms with Crippen LogP contribution in [0.25, 0.3) is 22.3 Å². The molecule has 27 heavy (non-hydrogen) atoms. The Morgan fingerprint density at radius 2 is 2.04 bits per heavy atom. The van der Waals surface area contributed by atoms with Crippen LogP contribution in [0.1, 0.15) is 42.2 Å². The van der Waals surface area contributed by atoms with E-state index in [0.29, 0.717) is 5.92 Å². The number of aromatic nitrogens is 3. The predicted molar refractivity (Wildman–Crippen MR) is 108 cm³/mol. The summed E-state index contributed by atoms with van der Waals surface area (Å²) in [5, 5.41) is 5.40. The van der Waals surface area contributed by atoms with Gasteiger partial charge in [0, 0.05) is 25.7 Å². The standard InChI is InChI=1S/C22H26N4O/c1-4-16-9-8-12-26(14-16)22(27)18-13-19(17-10-6-5-7-11-17)23-21-20(18)15(2)24-25(21)3/h5-7,10-11,13,16H,4,8-9,12,14H2,1-3H3. The van der Waals surface area contributed by atoms with Gasteiger partial charge in [-0.2, -0.15) is 5.10 Å². The van der Waals surface area contributed by atoms with Crippen molar-refractivity contribution in [2.24, 2.45) is 13.0 Å². The Morgan fingerprint density at radius 1 is 1.26 bits per heavy atom. The molecule has 0 bridgehead atoms. The number of fused-ring (bicyclic) bond motifs is 1. The number of carbonyl (C=O) groups is 1.